The molecule has 0 saturated carbocycles. The van der Waals surface area contributed by atoms with E-state index in [0.717, 1.165) is 5.57 Å². The van der Waals surface area contributed by atoms with Crippen LogP contribution in [0.3, 0.4) is 0 Å². The molecular formula is C10H16. The zero-order valence-electron chi connectivity index (χ0n) is 7.31. The topological polar surface area (TPSA) is 0 Å². The van der Waals surface area contributed by atoms with Crippen molar-refractivity contribution in [3.8, 4) is 12.3 Å². The van der Waals surface area contributed by atoms with Crippen molar-refractivity contribution in [1.29, 1.82) is 0 Å². The average Bonchev–Trinajstić information content (AvgIpc) is 1.81. The molecule has 0 spiro atoms. The molecule has 0 radical (unpaired) electrons. The molecule has 0 aromatic carbocycles. The molecule has 10 heavy (non-hydrogen) atoms. The summed E-state index contributed by atoms with van der Waals surface area (Å²) in [6, 6.07) is 0. The van der Waals surface area contributed by atoms with Crippen LogP contribution in [0.15, 0.2) is 11.6 Å². The highest BCUT2D eigenvalue weighted by molar-refractivity contribution is 5.27. The molecule has 0 aliphatic heterocycles. The van der Waals surface area contributed by atoms with Gasteiger partial charge in [0.2, 0.25) is 0 Å². The molecule has 0 aliphatic rings. The highest BCUT2D eigenvalue weighted by Gasteiger charge is 1.98. The van der Waals surface area contributed by atoms with Gasteiger partial charge in [-0.25, -0.2) is 0 Å². The Kier molecular flexibility index (Phi) is 3.88. The van der Waals surface area contributed by atoms with Gasteiger partial charge in [0, 0.05) is 5.57 Å². The quantitative estimate of drug-likeness (QED) is 0.512. The largest absolute Gasteiger partial charge is 0.115 e. The molecule has 0 bridgehead atoms. The summed E-state index contributed by atoms with van der Waals surface area (Å²) in [5.74, 6) is 3.75. The molecule has 0 heterocycles. The van der Waals surface area contributed by atoms with Crippen molar-refractivity contribution in [2.75, 3.05) is 0 Å². The fourth-order valence-electron chi connectivity index (χ4n) is 0.766. The molecule has 0 fully saturated rings. The maximum absolute atomic E-state index is 5.30. The average molecular weight is 136 g/mol. The van der Waals surface area contributed by atoms with Gasteiger partial charge in [-0.1, -0.05) is 39.7 Å². The summed E-state index contributed by atoms with van der Waals surface area (Å²) in [7, 11) is 0. The number of rotatable bonds is 2. The van der Waals surface area contributed by atoms with E-state index in [1.165, 1.54) is 0 Å². The van der Waals surface area contributed by atoms with E-state index in [0.29, 0.717) is 11.8 Å². The van der Waals surface area contributed by atoms with E-state index in [1.807, 2.05) is 0 Å². The van der Waals surface area contributed by atoms with Gasteiger partial charge in [0.1, 0.15) is 0 Å². The lowest BCUT2D eigenvalue weighted by Crippen LogP contribution is -1.93. The number of hydrogen-bond acceptors (Lipinski definition) is 0. The summed E-state index contributed by atoms with van der Waals surface area (Å²) in [5.41, 5.74) is 1.12. The Morgan fingerprint density at radius 1 is 1.30 bits per heavy atom. The predicted molar refractivity (Wildman–Crippen MR) is 46.6 cm³/mol. The first-order chi connectivity index (χ1) is 4.57. The van der Waals surface area contributed by atoms with E-state index in [4.69, 9.17) is 6.42 Å². The molecule has 0 aromatic rings. The standard InChI is InChI=1S/C10H16/c1-6-10(9(4)5)7-8(2)3/h1,7-9H,2-5H3/b10-7+. The second kappa shape index (κ2) is 4.17. The van der Waals surface area contributed by atoms with Crippen molar-refractivity contribution in [2.24, 2.45) is 11.8 Å². The highest BCUT2D eigenvalue weighted by atomic mass is 14.0. The summed E-state index contributed by atoms with van der Waals surface area (Å²) in [6.07, 6.45) is 7.45. The lowest BCUT2D eigenvalue weighted by atomic mass is 10.0. The molecule has 0 aromatic heterocycles. The van der Waals surface area contributed by atoms with Gasteiger partial charge in [-0.05, 0) is 11.8 Å². The summed E-state index contributed by atoms with van der Waals surface area (Å²) >= 11 is 0. The summed E-state index contributed by atoms with van der Waals surface area (Å²) in [5, 5.41) is 0. The summed E-state index contributed by atoms with van der Waals surface area (Å²) in [4.78, 5) is 0. The number of terminal acetylenes is 1. The molecule has 0 rings (SSSR count). The van der Waals surface area contributed by atoms with Crippen molar-refractivity contribution >= 4 is 0 Å². The summed E-state index contributed by atoms with van der Waals surface area (Å²) < 4.78 is 0. The molecule has 0 amide bonds. The van der Waals surface area contributed by atoms with Crippen molar-refractivity contribution in [1.82, 2.24) is 0 Å². The van der Waals surface area contributed by atoms with E-state index < -0.39 is 0 Å². The Labute approximate surface area is 64.3 Å². The van der Waals surface area contributed by atoms with Gasteiger partial charge in [0.15, 0.2) is 0 Å². The first kappa shape index (κ1) is 9.30. The minimum absolute atomic E-state index is 0.493. The highest BCUT2D eigenvalue weighted by Crippen LogP contribution is 2.10. The van der Waals surface area contributed by atoms with Crippen molar-refractivity contribution in [3.63, 3.8) is 0 Å². The van der Waals surface area contributed by atoms with Gasteiger partial charge in [0.05, 0.1) is 0 Å². The van der Waals surface area contributed by atoms with Crippen LogP contribution in [0.25, 0.3) is 0 Å². The van der Waals surface area contributed by atoms with Crippen LogP contribution in [0.4, 0.5) is 0 Å². The Bertz CT molecular complexity index is 153. The molecule has 0 atom stereocenters. The van der Waals surface area contributed by atoms with Crippen molar-refractivity contribution in [2.45, 2.75) is 27.7 Å². The third-order valence-electron chi connectivity index (χ3n) is 1.30. The van der Waals surface area contributed by atoms with E-state index >= 15 is 0 Å². The lowest BCUT2D eigenvalue weighted by molar-refractivity contribution is 0.755. The minimum Gasteiger partial charge on any atom is -0.115 e. The Hall–Kier alpha value is -0.700. The van der Waals surface area contributed by atoms with Crippen LogP contribution in [-0.2, 0) is 0 Å². The summed E-state index contributed by atoms with van der Waals surface area (Å²) in [6.45, 7) is 8.52. The van der Waals surface area contributed by atoms with Crippen LogP contribution < -0.4 is 0 Å². The van der Waals surface area contributed by atoms with E-state index in [2.05, 4.69) is 39.7 Å². The zero-order chi connectivity index (χ0) is 8.15. The van der Waals surface area contributed by atoms with Crippen LogP contribution in [0.5, 0.6) is 0 Å². The molecule has 0 heteroatoms. The minimum atomic E-state index is 0.493. The van der Waals surface area contributed by atoms with Crippen molar-refractivity contribution < 1.29 is 0 Å². The molecule has 0 nitrogen and oxygen atoms in total. The van der Waals surface area contributed by atoms with Gasteiger partial charge in [-0.3, -0.25) is 0 Å². The monoisotopic (exact) mass is 136 g/mol. The van der Waals surface area contributed by atoms with Crippen LogP contribution >= 0.6 is 0 Å². The molecule has 0 unspecified atom stereocenters. The third kappa shape index (κ3) is 3.35. The van der Waals surface area contributed by atoms with Gasteiger partial charge in [-0.15, -0.1) is 6.42 Å². The van der Waals surface area contributed by atoms with E-state index in [-0.39, 0.29) is 0 Å². The first-order valence-electron chi connectivity index (χ1n) is 3.76. The number of hydrogen-bond donors (Lipinski definition) is 0. The van der Waals surface area contributed by atoms with Crippen molar-refractivity contribution in [3.05, 3.63) is 11.6 Å². The third-order valence-corrected chi connectivity index (χ3v) is 1.30. The Balaban J connectivity index is 4.23. The maximum Gasteiger partial charge on any atom is 0.000578 e. The second-order valence-electron chi connectivity index (χ2n) is 3.17. The second-order valence-corrected chi connectivity index (χ2v) is 3.17. The van der Waals surface area contributed by atoms with E-state index in [1.54, 1.807) is 0 Å². The maximum atomic E-state index is 5.30. The van der Waals surface area contributed by atoms with Crippen LogP contribution in [0.2, 0.25) is 0 Å². The molecule has 0 aliphatic carbocycles. The lowest BCUT2D eigenvalue weighted by Gasteiger charge is -2.04. The van der Waals surface area contributed by atoms with Gasteiger partial charge in [-0.2, -0.15) is 0 Å². The van der Waals surface area contributed by atoms with Crippen LogP contribution in [0.1, 0.15) is 27.7 Å². The first-order valence-corrected chi connectivity index (χ1v) is 3.76. The van der Waals surface area contributed by atoms with Gasteiger partial charge >= 0.3 is 0 Å². The predicted octanol–water partition coefficient (Wildman–Crippen LogP) is 2.86. The molecular weight excluding hydrogens is 120 g/mol. The normalized spacial score (nSPS) is 12.3. The molecule has 0 N–H and O–H groups in total. The van der Waals surface area contributed by atoms with Gasteiger partial charge in [0.25, 0.3) is 0 Å². The zero-order valence-corrected chi connectivity index (χ0v) is 7.31. The number of allylic oxidation sites excluding steroid dienone is 2. The SMILES string of the molecule is C#C/C(=C\C(C)C)C(C)C. The Morgan fingerprint density at radius 3 is 1.90 bits per heavy atom. The van der Waals surface area contributed by atoms with Crippen LogP contribution in [0, 0.1) is 24.2 Å². The Morgan fingerprint density at radius 2 is 1.80 bits per heavy atom. The van der Waals surface area contributed by atoms with E-state index in [9.17, 15) is 0 Å². The fraction of sp³-hybridized carbons (Fsp3) is 0.600. The molecule has 56 valence electrons. The fourth-order valence-corrected chi connectivity index (χ4v) is 0.766. The smallest absolute Gasteiger partial charge is 0.000578 e. The van der Waals surface area contributed by atoms with Gasteiger partial charge < -0.3 is 0 Å². The molecule has 0 saturated heterocycles. The van der Waals surface area contributed by atoms with Crippen LogP contribution in [-0.4, -0.2) is 0 Å².